The molecule has 0 unspecified atom stereocenters. The van der Waals surface area contributed by atoms with E-state index in [4.69, 9.17) is 5.11 Å². The number of carboxylic acid groups (broad SMARTS) is 1. The van der Waals surface area contributed by atoms with E-state index >= 15 is 0 Å². The van der Waals surface area contributed by atoms with Crippen LogP contribution in [-0.2, 0) is 4.79 Å². The molecule has 2 rings (SSSR count). The highest BCUT2D eigenvalue weighted by molar-refractivity contribution is 5.68. The Morgan fingerprint density at radius 3 is 2.65 bits per heavy atom. The maximum atomic E-state index is 12.1. The number of fused-ring (bicyclic) bond motifs is 1. The van der Waals surface area contributed by atoms with Crippen LogP contribution in [0.3, 0.4) is 0 Å². The molecule has 106 valence electrons. The Hall–Kier alpha value is -2.44. The first-order chi connectivity index (χ1) is 9.41. The van der Waals surface area contributed by atoms with Gasteiger partial charge in [0.25, 0.3) is 0 Å². The van der Waals surface area contributed by atoms with Crippen molar-refractivity contribution in [1.29, 1.82) is 0 Å². The third-order valence-electron chi connectivity index (χ3n) is 3.00. The quantitative estimate of drug-likeness (QED) is 0.841. The van der Waals surface area contributed by atoms with E-state index in [9.17, 15) is 14.7 Å². The number of nitrogens with zero attached hydrogens (tertiary/aromatic N) is 3. The molecule has 0 fully saturated rings. The second kappa shape index (κ2) is 5.28. The highest BCUT2D eigenvalue weighted by Gasteiger charge is 2.14. The van der Waals surface area contributed by atoms with E-state index in [0.29, 0.717) is 5.69 Å². The summed E-state index contributed by atoms with van der Waals surface area (Å²) in [6.07, 6.45) is 0.931. The van der Waals surface area contributed by atoms with E-state index in [2.05, 4.69) is 10.1 Å². The van der Waals surface area contributed by atoms with E-state index in [1.54, 1.807) is 0 Å². The third-order valence-corrected chi connectivity index (χ3v) is 3.00. The molecule has 0 bridgehead atoms. The van der Waals surface area contributed by atoms with Gasteiger partial charge < -0.3 is 10.2 Å². The minimum Gasteiger partial charge on any atom is -0.511 e. The number of hydrogen-bond donors (Lipinski definition) is 2. The molecule has 7 heteroatoms. The Kier molecular flexibility index (Phi) is 3.69. The monoisotopic (exact) mass is 277 g/mol. The predicted molar refractivity (Wildman–Crippen MR) is 71.5 cm³/mol. The summed E-state index contributed by atoms with van der Waals surface area (Å²) < 4.78 is 1.50. The van der Waals surface area contributed by atoms with E-state index in [1.165, 1.54) is 16.9 Å². The molecule has 0 aliphatic rings. The molecule has 0 amide bonds. The average molecular weight is 277 g/mol. The van der Waals surface area contributed by atoms with Crippen molar-refractivity contribution in [3.8, 4) is 0 Å². The first kappa shape index (κ1) is 14.0. The zero-order valence-electron chi connectivity index (χ0n) is 11.2. The first-order valence-corrected chi connectivity index (χ1v) is 6.22. The normalized spacial score (nSPS) is 12.9. The van der Waals surface area contributed by atoms with Crippen LogP contribution in [0.5, 0.6) is 0 Å². The minimum atomic E-state index is -1.04. The smallest absolute Gasteiger partial charge is 0.303 e. The average Bonchev–Trinajstić information content (AvgIpc) is 2.83. The van der Waals surface area contributed by atoms with Crippen LogP contribution in [0.4, 0.5) is 0 Å². The number of rotatable bonds is 4. The molecule has 0 aromatic carbocycles. The topological polar surface area (TPSA) is 105 Å². The SMILES string of the molecule is CC(C)c1cc(=O)/c(=C(/O)CCC(=O)O)c2ncnn12. The van der Waals surface area contributed by atoms with Crippen molar-refractivity contribution in [2.24, 2.45) is 0 Å². The minimum absolute atomic E-state index is 0.0214. The van der Waals surface area contributed by atoms with Gasteiger partial charge in [0.05, 0.1) is 12.1 Å². The van der Waals surface area contributed by atoms with Crippen molar-refractivity contribution in [2.45, 2.75) is 32.6 Å². The first-order valence-electron chi connectivity index (χ1n) is 6.22. The number of aliphatic hydroxyl groups excluding tert-OH is 1. The zero-order valence-corrected chi connectivity index (χ0v) is 11.2. The van der Waals surface area contributed by atoms with Gasteiger partial charge in [0.2, 0.25) is 0 Å². The highest BCUT2D eigenvalue weighted by atomic mass is 16.4. The summed E-state index contributed by atoms with van der Waals surface area (Å²) >= 11 is 0. The number of pyridine rings is 1. The predicted octanol–water partition coefficient (Wildman–Crippen LogP) is 0.463. The van der Waals surface area contributed by atoms with Crippen LogP contribution in [0.25, 0.3) is 11.4 Å². The Morgan fingerprint density at radius 1 is 1.35 bits per heavy atom. The zero-order chi connectivity index (χ0) is 14.9. The van der Waals surface area contributed by atoms with Crippen molar-refractivity contribution in [2.75, 3.05) is 0 Å². The lowest BCUT2D eigenvalue weighted by Gasteiger charge is -2.07. The van der Waals surface area contributed by atoms with Crippen LogP contribution >= 0.6 is 0 Å². The van der Waals surface area contributed by atoms with Crippen LogP contribution in [0.2, 0.25) is 0 Å². The fourth-order valence-electron chi connectivity index (χ4n) is 2.01. The number of aliphatic hydroxyl groups is 1. The van der Waals surface area contributed by atoms with Gasteiger partial charge in [-0.1, -0.05) is 13.8 Å². The molecule has 0 radical (unpaired) electrons. The summed E-state index contributed by atoms with van der Waals surface area (Å²) in [5.41, 5.74) is 0.568. The molecular formula is C13H15N3O4. The standard InChI is InChI=1S/C13H15N3O4/c1-7(2)8-5-10(18)12(9(17)3-4-11(19)20)13-14-6-15-16(8)13/h5-7,17H,3-4H2,1-2H3,(H,19,20)/b12-9-. The van der Waals surface area contributed by atoms with Gasteiger partial charge in [0.15, 0.2) is 11.1 Å². The number of carboxylic acids is 1. The van der Waals surface area contributed by atoms with Gasteiger partial charge >= 0.3 is 5.97 Å². The fourth-order valence-corrected chi connectivity index (χ4v) is 2.01. The summed E-state index contributed by atoms with van der Waals surface area (Å²) in [5, 5.41) is 22.7. The summed E-state index contributed by atoms with van der Waals surface area (Å²) in [5.74, 6) is -1.24. The fraction of sp³-hybridized carbons (Fsp3) is 0.385. The second-order valence-electron chi connectivity index (χ2n) is 4.80. The maximum absolute atomic E-state index is 12.1. The van der Waals surface area contributed by atoms with Crippen molar-refractivity contribution in [1.82, 2.24) is 14.6 Å². The van der Waals surface area contributed by atoms with E-state index < -0.39 is 5.97 Å². The number of aliphatic carboxylic acids is 1. The van der Waals surface area contributed by atoms with Gasteiger partial charge in [-0.05, 0) is 5.92 Å². The second-order valence-corrected chi connectivity index (χ2v) is 4.80. The van der Waals surface area contributed by atoms with Gasteiger partial charge in [0.1, 0.15) is 17.3 Å². The van der Waals surface area contributed by atoms with Gasteiger partial charge in [-0.25, -0.2) is 9.50 Å². The van der Waals surface area contributed by atoms with Crippen molar-refractivity contribution < 1.29 is 15.0 Å². The molecule has 20 heavy (non-hydrogen) atoms. The molecule has 0 aliphatic carbocycles. The molecule has 0 saturated heterocycles. The summed E-state index contributed by atoms with van der Waals surface area (Å²) in [7, 11) is 0. The Bertz CT molecular complexity index is 764. The lowest BCUT2D eigenvalue weighted by atomic mass is 10.1. The molecule has 0 saturated carbocycles. The van der Waals surface area contributed by atoms with Crippen molar-refractivity contribution in [3.63, 3.8) is 0 Å². The van der Waals surface area contributed by atoms with E-state index in [0.717, 1.165) is 0 Å². The Balaban J connectivity index is 2.72. The lowest BCUT2D eigenvalue weighted by Crippen LogP contribution is -2.31. The largest absolute Gasteiger partial charge is 0.511 e. The Morgan fingerprint density at radius 2 is 2.05 bits per heavy atom. The third kappa shape index (κ3) is 2.47. The van der Waals surface area contributed by atoms with Crippen LogP contribution in [0, 0.1) is 0 Å². The van der Waals surface area contributed by atoms with Crippen molar-refractivity contribution >= 4 is 17.4 Å². The molecular weight excluding hydrogens is 262 g/mol. The summed E-state index contributed by atoms with van der Waals surface area (Å²) in [6.45, 7) is 3.84. The van der Waals surface area contributed by atoms with Crippen molar-refractivity contribution in [3.05, 3.63) is 33.5 Å². The lowest BCUT2D eigenvalue weighted by molar-refractivity contribution is -0.136. The number of aromatic nitrogens is 3. The molecule has 7 nitrogen and oxygen atoms in total. The number of hydrogen-bond acceptors (Lipinski definition) is 5. The van der Waals surface area contributed by atoms with Gasteiger partial charge in [-0.2, -0.15) is 5.10 Å². The van der Waals surface area contributed by atoms with E-state index in [1.807, 2.05) is 13.8 Å². The Labute approximate surface area is 114 Å². The molecule has 0 aliphatic heterocycles. The number of carbonyl (C=O) groups is 1. The summed E-state index contributed by atoms with van der Waals surface area (Å²) in [6, 6.07) is 1.40. The van der Waals surface area contributed by atoms with Gasteiger partial charge in [0, 0.05) is 12.5 Å². The molecule has 2 heterocycles. The molecule has 0 atom stereocenters. The van der Waals surface area contributed by atoms with Gasteiger partial charge in [-0.15, -0.1) is 0 Å². The summed E-state index contributed by atoms with van der Waals surface area (Å²) in [4.78, 5) is 26.7. The van der Waals surface area contributed by atoms with Crippen LogP contribution < -0.4 is 10.6 Å². The van der Waals surface area contributed by atoms with Crippen LogP contribution in [-0.4, -0.2) is 30.8 Å². The molecule has 2 aromatic rings. The highest BCUT2D eigenvalue weighted by Crippen LogP contribution is 2.11. The van der Waals surface area contributed by atoms with Gasteiger partial charge in [-0.3, -0.25) is 9.59 Å². The molecule has 2 aromatic heterocycles. The molecule has 2 N–H and O–H groups in total. The molecule has 0 spiro atoms. The van der Waals surface area contributed by atoms with E-state index in [-0.39, 0.29) is 40.8 Å². The maximum Gasteiger partial charge on any atom is 0.303 e. The van der Waals surface area contributed by atoms with Crippen LogP contribution in [0.1, 0.15) is 38.3 Å². The van der Waals surface area contributed by atoms with Crippen LogP contribution in [0.15, 0.2) is 17.2 Å².